The van der Waals surface area contributed by atoms with Crippen molar-refractivity contribution in [3.05, 3.63) is 53.6 Å². The van der Waals surface area contributed by atoms with Crippen LogP contribution in [-0.2, 0) is 11.4 Å². The first-order chi connectivity index (χ1) is 13.6. The van der Waals surface area contributed by atoms with Crippen molar-refractivity contribution in [3.8, 4) is 11.6 Å². The Morgan fingerprint density at radius 3 is 2.68 bits per heavy atom. The lowest BCUT2D eigenvalue weighted by atomic mass is 10.3. The van der Waals surface area contributed by atoms with Crippen LogP contribution >= 0.6 is 0 Å². The number of carbonyl (C=O) groups is 1. The standard InChI is InChI=1S/C18H18FN7O2/c1-12-15(26(24-21-12)14-4-2-13(19)3-5-14)11-28-18-7-6-16(22-23-18)25-9-8-20-17(27)10-25/h2-7H,8-11H2,1H3,(H,20,27). The predicted octanol–water partition coefficient (Wildman–Crippen LogP) is 1.02. The molecule has 144 valence electrons. The highest BCUT2D eigenvalue weighted by Gasteiger charge is 2.18. The molecule has 1 aliphatic rings. The summed E-state index contributed by atoms with van der Waals surface area (Å²) >= 11 is 0. The molecule has 0 aliphatic carbocycles. The molecule has 28 heavy (non-hydrogen) atoms. The molecule has 1 aromatic carbocycles. The first kappa shape index (κ1) is 17.8. The van der Waals surface area contributed by atoms with Gasteiger partial charge in [0, 0.05) is 19.2 Å². The van der Waals surface area contributed by atoms with Crippen molar-refractivity contribution >= 4 is 11.7 Å². The topological polar surface area (TPSA) is 98.1 Å². The maximum Gasteiger partial charge on any atom is 0.239 e. The molecule has 0 radical (unpaired) electrons. The van der Waals surface area contributed by atoms with Crippen LogP contribution in [0.5, 0.6) is 5.88 Å². The van der Waals surface area contributed by atoms with E-state index in [1.165, 1.54) is 12.1 Å². The van der Waals surface area contributed by atoms with Crippen LogP contribution in [0.3, 0.4) is 0 Å². The number of rotatable bonds is 5. The zero-order valence-corrected chi connectivity index (χ0v) is 15.2. The molecular formula is C18H18FN7O2. The molecule has 9 nitrogen and oxygen atoms in total. The van der Waals surface area contributed by atoms with E-state index in [0.717, 1.165) is 5.69 Å². The SMILES string of the molecule is Cc1nnn(-c2ccc(F)cc2)c1COc1ccc(N2CCNC(=O)C2)nn1. The van der Waals surface area contributed by atoms with E-state index in [1.807, 2.05) is 11.8 Å². The number of amides is 1. The number of halogens is 1. The van der Waals surface area contributed by atoms with Crippen molar-refractivity contribution in [1.82, 2.24) is 30.5 Å². The van der Waals surface area contributed by atoms with Crippen molar-refractivity contribution in [1.29, 1.82) is 0 Å². The fraction of sp³-hybridized carbons (Fsp3) is 0.278. The lowest BCUT2D eigenvalue weighted by Gasteiger charge is -2.26. The summed E-state index contributed by atoms with van der Waals surface area (Å²) in [6.45, 7) is 3.52. The molecule has 4 rings (SSSR count). The van der Waals surface area contributed by atoms with Gasteiger partial charge in [0.25, 0.3) is 0 Å². The van der Waals surface area contributed by atoms with E-state index in [2.05, 4.69) is 25.8 Å². The van der Waals surface area contributed by atoms with E-state index >= 15 is 0 Å². The van der Waals surface area contributed by atoms with E-state index in [1.54, 1.807) is 28.9 Å². The molecule has 1 N–H and O–H groups in total. The molecule has 3 aromatic rings. The normalized spacial score (nSPS) is 14.1. The number of piperazine rings is 1. The molecule has 0 saturated carbocycles. The van der Waals surface area contributed by atoms with Crippen molar-refractivity contribution in [3.63, 3.8) is 0 Å². The van der Waals surface area contributed by atoms with Crippen LogP contribution < -0.4 is 15.0 Å². The number of hydrogen-bond acceptors (Lipinski definition) is 7. The average Bonchev–Trinajstić information content (AvgIpc) is 3.08. The summed E-state index contributed by atoms with van der Waals surface area (Å²) in [5, 5.41) is 19.1. The summed E-state index contributed by atoms with van der Waals surface area (Å²) in [6.07, 6.45) is 0. The van der Waals surface area contributed by atoms with Gasteiger partial charge in [-0.2, -0.15) is 0 Å². The molecule has 0 unspecified atom stereocenters. The van der Waals surface area contributed by atoms with Gasteiger partial charge in [-0.3, -0.25) is 4.79 Å². The van der Waals surface area contributed by atoms with Gasteiger partial charge in [-0.05, 0) is 37.3 Å². The zero-order valence-electron chi connectivity index (χ0n) is 15.2. The Morgan fingerprint density at radius 1 is 1.14 bits per heavy atom. The van der Waals surface area contributed by atoms with Crippen molar-refractivity contribution in [2.24, 2.45) is 0 Å². The quantitative estimate of drug-likeness (QED) is 0.702. The molecule has 2 aromatic heterocycles. The van der Waals surface area contributed by atoms with Gasteiger partial charge in [-0.25, -0.2) is 9.07 Å². The van der Waals surface area contributed by atoms with Crippen LogP contribution in [0.4, 0.5) is 10.2 Å². The van der Waals surface area contributed by atoms with Crippen molar-refractivity contribution < 1.29 is 13.9 Å². The second kappa shape index (κ2) is 7.59. The van der Waals surface area contributed by atoms with Gasteiger partial charge in [0.15, 0.2) is 5.82 Å². The number of carbonyl (C=O) groups excluding carboxylic acids is 1. The Labute approximate surface area is 160 Å². The number of nitrogens with zero attached hydrogens (tertiary/aromatic N) is 6. The number of ether oxygens (including phenoxy) is 1. The zero-order chi connectivity index (χ0) is 19.5. The Kier molecular flexibility index (Phi) is 4.83. The van der Waals surface area contributed by atoms with Gasteiger partial charge in [-0.1, -0.05) is 5.21 Å². The number of hydrogen-bond donors (Lipinski definition) is 1. The summed E-state index contributed by atoms with van der Waals surface area (Å²) < 4.78 is 20.5. The lowest BCUT2D eigenvalue weighted by molar-refractivity contribution is -0.120. The Morgan fingerprint density at radius 2 is 1.96 bits per heavy atom. The van der Waals surface area contributed by atoms with Crippen LogP contribution in [0, 0.1) is 12.7 Å². The minimum atomic E-state index is -0.320. The van der Waals surface area contributed by atoms with Crippen LogP contribution in [0.25, 0.3) is 5.69 Å². The molecule has 1 aliphatic heterocycles. The van der Waals surface area contributed by atoms with Crippen LogP contribution in [0.1, 0.15) is 11.4 Å². The van der Waals surface area contributed by atoms with Gasteiger partial charge in [0.1, 0.15) is 18.1 Å². The van der Waals surface area contributed by atoms with Gasteiger partial charge in [-0.15, -0.1) is 15.3 Å². The Bertz CT molecular complexity index is 973. The highest BCUT2D eigenvalue weighted by atomic mass is 19.1. The molecule has 0 bridgehead atoms. The molecule has 10 heteroatoms. The van der Waals surface area contributed by atoms with E-state index in [-0.39, 0.29) is 24.9 Å². The Hall–Kier alpha value is -3.56. The third kappa shape index (κ3) is 3.75. The molecular weight excluding hydrogens is 365 g/mol. The van der Waals surface area contributed by atoms with Gasteiger partial charge < -0.3 is 15.0 Å². The fourth-order valence-electron chi connectivity index (χ4n) is 2.87. The van der Waals surface area contributed by atoms with E-state index in [0.29, 0.717) is 36.2 Å². The lowest BCUT2D eigenvalue weighted by Crippen LogP contribution is -2.48. The number of nitrogens with one attached hydrogen (secondary N) is 1. The van der Waals surface area contributed by atoms with Crippen molar-refractivity contribution in [2.45, 2.75) is 13.5 Å². The minimum Gasteiger partial charge on any atom is -0.470 e. The van der Waals surface area contributed by atoms with E-state index in [4.69, 9.17) is 4.74 Å². The molecule has 1 amide bonds. The van der Waals surface area contributed by atoms with E-state index < -0.39 is 0 Å². The fourth-order valence-corrected chi connectivity index (χ4v) is 2.87. The summed E-state index contributed by atoms with van der Waals surface area (Å²) in [5.41, 5.74) is 2.11. The maximum absolute atomic E-state index is 13.2. The molecule has 1 saturated heterocycles. The first-order valence-electron chi connectivity index (χ1n) is 8.75. The third-order valence-corrected chi connectivity index (χ3v) is 4.37. The van der Waals surface area contributed by atoms with Crippen LogP contribution in [0.2, 0.25) is 0 Å². The average molecular weight is 383 g/mol. The summed E-state index contributed by atoms with van der Waals surface area (Å²) in [4.78, 5) is 13.3. The second-order valence-electron chi connectivity index (χ2n) is 6.30. The second-order valence-corrected chi connectivity index (χ2v) is 6.30. The number of benzene rings is 1. The maximum atomic E-state index is 13.2. The molecule has 0 atom stereocenters. The van der Waals surface area contributed by atoms with Crippen LogP contribution in [-0.4, -0.2) is 50.7 Å². The summed E-state index contributed by atoms with van der Waals surface area (Å²) in [5.74, 6) is 0.609. The Balaban J connectivity index is 1.45. The number of aryl methyl sites for hydroxylation is 1. The number of aromatic nitrogens is 5. The van der Waals surface area contributed by atoms with E-state index in [9.17, 15) is 9.18 Å². The van der Waals surface area contributed by atoms with Gasteiger partial charge in [0.2, 0.25) is 11.8 Å². The van der Waals surface area contributed by atoms with Gasteiger partial charge in [0.05, 0.1) is 17.9 Å². The van der Waals surface area contributed by atoms with Crippen LogP contribution in [0.15, 0.2) is 36.4 Å². The number of anilines is 1. The first-order valence-corrected chi connectivity index (χ1v) is 8.75. The predicted molar refractivity (Wildman–Crippen MR) is 97.6 cm³/mol. The highest BCUT2D eigenvalue weighted by molar-refractivity contribution is 5.82. The highest BCUT2D eigenvalue weighted by Crippen LogP contribution is 2.17. The minimum absolute atomic E-state index is 0.0367. The van der Waals surface area contributed by atoms with Gasteiger partial charge >= 0.3 is 0 Å². The third-order valence-electron chi connectivity index (χ3n) is 4.37. The molecule has 1 fully saturated rings. The summed E-state index contributed by atoms with van der Waals surface area (Å²) in [6, 6.07) is 9.44. The van der Waals surface area contributed by atoms with Crippen molar-refractivity contribution in [2.75, 3.05) is 24.5 Å². The smallest absolute Gasteiger partial charge is 0.239 e. The molecule has 0 spiro atoms. The summed E-state index contributed by atoms with van der Waals surface area (Å²) in [7, 11) is 0. The monoisotopic (exact) mass is 383 g/mol. The molecule has 3 heterocycles. The largest absolute Gasteiger partial charge is 0.470 e.